The predicted octanol–water partition coefficient (Wildman–Crippen LogP) is 4.47. The highest BCUT2D eigenvalue weighted by molar-refractivity contribution is 9.10. The first kappa shape index (κ1) is 14.9. The van der Waals surface area contributed by atoms with Crippen molar-refractivity contribution in [2.75, 3.05) is 6.61 Å². The zero-order chi connectivity index (χ0) is 14.5. The van der Waals surface area contributed by atoms with Gasteiger partial charge in [0.15, 0.2) is 5.78 Å². The second-order valence-electron chi connectivity index (χ2n) is 4.86. The standard InChI is InChI=1S/C17H17BrO2/c1-12-3-8-16(13(2)9-12)17(19)11-20-10-14-4-6-15(18)7-5-14/h3-9H,10-11H2,1-2H3. The summed E-state index contributed by atoms with van der Waals surface area (Å²) in [4.78, 5) is 12.1. The second kappa shape index (κ2) is 6.82. The second-order valence-corrected chi connectivity index (χ2v) is 5.78. The van der Waals surface area contributed by atoms with E-state index in [0.29, 0.717) is 6.61 Å². The summed E-state index contributed by atoms with van der Waals surface area (Å²) in [5.74, 6) is 0.0274. The molecule has 0 saturated heterocycles. The molecule has 0 fully saturated rings. The molecule has 0 heterocycles. The van der Waals surface area contributed by atoms with Gasteiger partial charge in [0.25, 0.3) is 0 Å². The SMILES string of the molecule is Cc1ccc(C(=O)COCc2ccc(Br)cc2)c(C)c1. The highest BCUT2D eigenvalue weighted by Crippen LogP contribution is 2.13. The van der Waals surface area contributed by atoms with Crippen LogP contribution < -0.4 is 0 Å². The number of carbonyl (C=O) groups excluding carboxylic acids is 1. The Labute approximate surface area is 127 Å². The van der Waals surface area contributed by atoms with Gasteiger partial charge in [0, 0.05) is 10.0 Å². The van der Waals surface area contributed by atoms with Crippen LogP contribution in [0.2, 0.25) is 0 Å². The molecule has 0 N–H and O–H groups in total. The lowest BCUT2D eigenvalue weighted by Crippen LogP contribution is -2.10. The number of ketones is 1. The molecule has 0 aliphatic rings. The normalized spacial score (nSPS) is 10.6. The molecule has 2 rings (SSSR count). The van der Waals surface area contributed by atoms with Crippen molar-refractivity contribution >= 4 is 21.7 Å². The third kappa shape index (κ3) is 4.02. The Balaban J connectivity index is 1.90. The van der Waals surface area contributed by atoms with E-state index < -0.39 is 0 Å². The van der Waals surface area contributed by atoms with E-state index >= 15 is 0 Å². The number of benzene rings is 2. The number of Topliss-reactive ketones (excluding diaryl/α,β-unsaturated/α-hetero) is 1. The van der Waals surface area contributed by atoms with E-state index in [9.17, 15) is 4.79 Å². The Morgan fingerprint density at radius 1 is 1.10 bits per heavy atom. The number of rotatable bonds is 5. The highest BCUT2D eigenvalue weighted by Gasteiger charge is 2.09. The lowest BCUT2D eigenvalue weighted by Gasteiger charge is -2.07. The van der Waals surface area contributed by atoms with Gasteiger partial charge in [0.05, 0.1) is 6.61 Å². The third-order valence-electron chi connectivity index (χ3n) is 3.10. The summed E-state index contributed by atoms with van der Waals surface area (Å²) in [6.45, 7) is 4.53. The summed E-state index contributed by atoms with van der Waals surface area (Å²) in [5, 5.41) is 0. The zero-order valence-corrected chi connectivity index (χ0v) is 13.2. The maximum Gasteiger partial charge on any atom is 0.188 e. The maximum absolute atomic E-state index is 12.1. The molecule has 0 saturated carbocycles. The summed E-state index contributed by atoms with van der Waals surface area (Å²) in [6, 6.07) is 13.7. The number of hydrogen-bond donors (Lipinski definition) is 0. The number of halogens is 1. The first-order valence-corrected chi connectivity index (χ1v) is 7.28. The van der Waals surface area contributed by atoms with Gasteiger partial charge in [-0.2, -0.15) is 0 Å². The number of hydrogen-bond acceptors (Lipinski definition) is 2. The van der Waals surface area contributed by atoms with Gasteiger partial charge in [0.2, 0.25) is 0 Å². The molecule has 3 heteroatoms. The van der Waals surface area contributed by atoms with Gasteiger partial charge in [-0.05, 0) is 37.1 Å². The van der Waals surface area contributed by atoms with Gasteiger partial charge in [-0.15, -0.1) is 0 Å². The lowest BCUT2D eigenvalue weighted by atomic mass is 10.0. The van der Waals surface area contributed by atoms with Crippen molar-refractivity contribution in [1.29, 1.82) is 0 Å². The average molecular weight is 333 g/mol. The van der Waals surface area contributed by atoms with Crippen molar-refractivity contribution in [2.45, 2.75) is 20.5 Å². The molecule has 20 heavy (non-hydrogen) atoms. The molecule has 0 unspecified atom stereocenters. The summed E-state index contributed by atoms with van der Waals surface area (Å²) in [6.07, 6.45) is 0. The molecule has 2 nitrogen and oxygen atoms in total. The molecule has 0 aromatic heterocycles. The van der Waals surface area contributed by atoms with Crippen molar-refractivity contribution < 1.29 is 9.53 Å². The van der Waals surface area contributed by atoms with Crippen LogP contribution in [-0.2, 0) is 11.3 Å². The van der Waals surface area contributed by atoms with E-state index in [1.54, 1.807) is 0 Å². The van der Waals surface area contributed by atoms with Crippen molar-refractivity contribution in [2.24, 2.45) is 0 Å². The molecule has 0 radical (unpaired) electrons. The highest BCUT2D eigenvalue weighted by atomic mass is 79.9. The molecule has 0 aliphatic heterocycles. The van der Waals surface area contributed by atoms with Gasteiger partial charge >= 0.3 is 0 Å². The molecule has 0 amide bonds. The quantitative estimate of drug-likeness (QED) is 0.755. The van der Waals surface area contributed by atoms with E-state index in [0.717, 1.165) is 26.7 Å². The topological polar surface area (TPSA) is 26.3 Å². The van der Waals surface area contributed by atoms with Gasteiger partial charge in [-0.3, -0.25) is 4.79 Å². The first-order chi connectivity index (χ1) is 9.56. The minimum atomic E-state index is 0.0274. The third-order valence-corrected chi connectivity index (χ3v) is 3.63. The molecular formula is C17H17BrO2. The van der Waals surface area contributed by atoms with Crippen LogP contribution in [0.5, 0.6) is 0 Å². The molecular weight excluding hydrogens is 316 g/mol. The van der Waals surface area contributed by atoms with Crippen LogP contribution in [0, 0.1) is 13.8 Å². The zero-order valence-electron chi connectivity index (χ0n) is 11.7. The van der Waals surface area contributed by atoms with Crippen molar-refractivity contribution in [1.82, 2.24) is 0 Å². The largest absolute Gasteiger partial charge is 0.369 e. The summed E-state index contributed by atoms with van der Waals surface area (Å²) >= 11 is 3.39. The molecule has 2 aromatic rings. The Kier molecular flexibility index (Phi) is 5.10. The molecule has 0 bridgehead atoms. The van der Waals surface area contributed by atoms with Gasteiger partial charge in [-0.25, -0.2) is 0 Å². The fraction of sp³-hybridized carbons (Fsp3) is 0.235. The van der Waals surface area contributed by atoms with E-state index in [1.165, 1.54) is 0 Å². The van der Waals surface area contributed by atoms with E-state index in [-0.39, 0.29) is 12.4 Å². The minimum absolute atomic E-state index is 0.0274. The summed E-state index contributed by atoms with van der Waals surface area (Å²) in [5.41, 5.74) is 3.96. The van der Waals surface area contributed by atoms with Crippen molar-refractivity contribution in [3.63, 3.8) is 0 Å². The predicted molar refractivity (Wildman–Crippen MR) is 84.0 cm³/mol. The Morgan fingerprint density at radius 3 is 2.45 bits per heavy atom. The van der Waals surface area contributed by atoms with Gasteiger partial charge < -0.3 is 4.74 Å². The first-order valence-electron chi connectivity index (χ1n) is 6.49. The molecule has 0 atom stereocenters. The van der Waals surface area contributed by atoms with Gasteiger partial charge in [-0.1, -0.05) is 51.8 Å². The average Bonchev–Trinajstić information content (AvgIpc) is 2.41. The molecule has 2 aromatic carbocycles. The monoisotopic (exact) mass is 332 g/mol. The smallest absolute Gasteiger partial charge is 0.188 e. The fourth-order valence-corrected chi connectivity index (χ4v) is 2.31. The maximum atomic E-state index is 12.1. The van der Waals surface area contributed by atoms with Crippen LogP contribution in [0.15, 0.2) is 46.9 Å². The number of aryl methyl sites for hydroxylation is 2. The van der Waals surface area contributed by atoms with E-state index in [2.05, 4.69) is 15.9 Å². The molecule has 104 valence electrons. The van der Waals surface area contributed by atoms with Crippen LogP contribution in [0.25, 0.3) is 0 Å². The van der Waals surface area contributed by atoms with Crippen molar-refractivity contribution in [3.05, 3.63) is 69.2 Å². The minimum Gasteiger partial charge on any atom is -0.369 e. The lowest BCUT2D eigenvalue weighted by molar-refractivity contribution is 0.0726. The molecule has 0 spiro atoms. The van der Waals surface area contributed by atoms with Crippen LogP contribution in [-0.4, -0.2) is 12.4 Å². The fourth-order valence-electron chi connectivity index (χ4n) is 2.05. The van der Waals surface area contributed by atoms with Crippen LogP contribution >= 0.6 is 15.9 Å². The van der Waals surface area contributed by atoms with E-state index in [4.69, 9.17) is 4.74 Å². The number of ether oxygens (including phenoxy) is 1. The Hall–Kier alpha value is -1.45. The number of carbonyl (C=O) groups is 1. The van der Waals surface area contributed by atoms with Crippen LogP contribution in [0.3, 0.4) is 0 Å². The van der Waals surface area contributed by atoms with E-state index in [1.807, 2.05) is 56.3 Å². The Bertz CT molecular complexity index is 603. The Morgan fingerprint density at radius 2 is 1.80 bits per heavy atom. The van der Waals surface area contributed by atoms with Crippen molar-refractivity contribution in [3.8, 4) is 0 Å². The summed E-state index contributed by atoms with van der Waals surface area (Å²) in [7, 11) is 0. The van der Waals surface area contributed by atoms with Gasteiger partial charge in [0.1, 0.15) is 6.61 Å². The van der Waals surface area contributed by atoms with Crippen LogP contribution in [0.1, 0.15) is 27.0 Å². The summed E-state index contributed by atoms with van der Waals surface area (Å²) < 4.78 is 6.53. The molecule has 0 aliphatic carbocycles. The van der Waals surface area contributed by atoms with Crippen LogP contribution in [0.4, 0.5) is 0 Å².